The molecular weight excluding hydrogens is 268 g/mol. The third-order valence-corrected chi connectivity index (χ3v) is 2.38. The highest BCUT2D eigenvalue weighted by Gasteiger charge is 2.28. The predicted molar refractivity (Wildman–Crippen MR) is 61.1 cm³/mol. The quantitative estimate of drug-likeness (QED) is 0.497. The van der Waals surface area contributed by atoms with Crippen LogP contribution >= 0.6 is 11.6 Å². The van der Waals surface area contributed by atoms with Crippen molar-refractivity contribution < 1.29 is 19.7 Å². The summed E-state index contributed by atoms with van der Waals surface area (Å²) >= 11 is 5.45. The number of alkyl halides is 1. The van der Waals surface area contributed by atoms with E-state index >= 15 is 0 Å². The van der Waals surface area contributed by atoms with E-state index in [9.17, 15) is 25.0 Å². The second-order valence-electron chi connectivity index (χ2n) is 3.26. The summed E-state index contributed by atoms with van der Waals surface area (Å²) in [6.45, 7) is 0. The molecular formula is C9H7ClN2O6. The van der Waals surface area contributed by atoms with Gasteiger partial charge in [-0.25, -0.2) is 4.79 Å². The SMILES string of the molecule is O=C(O)c1cc([N+](=O)[O-])c([N+](=O)[O-])cc1CCCl. The van der Waals surface area contributed by atoms with Crippen LogP contribution in [0.4, 0.5) is 11.4 Å². The Morgan fingerprint density at radius 2 is 1.72 bits per heavy atom. The molecule has 0 saturated heterocycles. The molecule has 0 heterocycles. The van der Waals surface area contributed by atoms with Crippen LogP contribution in [0.5, 0.6) is 0 Å². The lowest BCUT2D eigenvalue weighted by Crippen LogP contribution is -2.07. The Balaban J connectivity index is 3.54. The molecule has 0 aliphatic carbocycles. The van der Waals surface area contributed by atoms with E-state index in [0.29, 0.717) is 6.07 Å². The van der Waals surface area contributed by atoms with Gasteiger partial charge in [-0.2, -0.15) is 0 Å². The van der Waals surface area contributed by atoms with E-state index < -0.39 is 27.2 Å². The van der Waals surface area contributed by atoms with Crippen LogP contribution in [0.1, 0.15) is 15.9 Å². The number of nitro groups is 2. The Hall–Kier alpha value is -2.22. The van der Waals surface area contributed by atoms with E-state index in [1.807, 2.05) is 0 Å². The molecule has 96 valence electrons. The van der Waals surface area contributed by atoms with Gasteiger partial charge in [0, 0.05) is 18.0 Å². The molecule has 0 aromatic heterocycles. The van der Waals surface area contributed by atoms with Gasteiger partial charge in [-0.1, -0.05) is 0 Å². The van der Waals surface area contributed by atoms with Crippen LogP contribution < -0.4 is 0 Å². The van der Waals surface area contributed by atoms with Crippen LogP contribution in [0.3, 0.4) is 0 Å². The van der Waals surface area contributed by atoms with Crippen molar-refractivity contribution >= 4 is 28.9 Å². The molecule has 0 amide bonds. The van der Waals surface area contributed by atoms with Gasteiger partial charge in [-0.15, -0.1) is 11.6 Å². The number of carbonyl (C=O) groups is 1. The lowest BCUT2D eigenvalue weighted by molar-refractivity contribution is -0.422. The molecule has 1 N–H and O–H groups in total. The van der Waals surface area contributed by atoms with Crippen molar-refractivity contribution in [1.29, 1.82) is 0 Å². The first-order chi connectivity index (χ1) is 8.38. The summed E-state index contributed by atoms with van der Waals surface area (Å²) in [7, 11) is 0. The van der Waals surface area contributed by atoms with Crippen molar-refractivity contribution in [3.63, 3.8) is 0 Å². The van der Waals surface area contributed by atoms with E-state index in [4.69, 9.17) is 16.7 Å². The number of nitro benzene ring substituents is 2. The maximum absolute atomic E-state index is 10.9. The van der Waals surface area contributed by atoms with Gasteiger partial charge in [0.15, 0.2) is 0 Å². The fourth-order valence-electron chi connectivity index (χ4n) is 1.42. The van der Waals surface area contributed by atoms with E-state index in [2.05, 4.69) is 0 Å². The van der Waals surface area contributed by atoms with Gasteiger partial charge >= 0.3 is 17.3 Å². The lowest BCUT2D eigenvalue weighted by atomic mass is 10.0. The molecule has 0 bridgehead atoms. The molecule has 0 aliphatic heterocycles. The fourth-order valence-corrected chi connectivity index (χ4v) is 1.62. The summed E-state index contributed by atoms with van der Waals surface area (Å²) in [5, 5.41) is 30.2. The van der Waals surface area contributed by atoms with E-state index in [1.54, 1.807) is 0 Å². The van der Waals surface area contributed by atoms with E-state index in [1.165, 1.54) is 0 Å². The molecule has 1 aromatic rings. The van der Waals surface area contributed by atoms with Gasteiger partial charge in [-0.05, 0) is 12.0 Å². The first-order valence-corrected chi connectivity index (χ1v) is 5.17. The number of benzene rings is 1. The Kier molecular flexibility index (Phi) is 4.16. The molecule has 0 unspecified atom stereocenters. The van der Waals surface area contributed by atoms with Gasteiger partial charge in [0.1, 0.15) is 0 Å². The van der Waals surface area contributed by atoms with Crippen LogP contribution in [-0.4, -0.2) is 26.8 Å². The number of aryl methyl sites for hydroxylation is 1. The highest BCUT2D eigenvalue weighted by molar-refractivity contribution is 6.18. The van der Waals surface area contributed by atoms with Crippen LogP contribution in [0.25, 0.3) is 0 Å². The Labute approximate surface area is 105 Å². The number of carboxylic acids is 1. The third kappa shape index (κ3) is 2.72. The Bertz CT molecular complexity index is 530. The van der Waals surface area contributed by atoms with Crippen molar-refractivity contribution in [3.05, 3.63) is 43.5 Å². The van der Waals surface area contributed by atoms with Crippen molar-refractivity contribution in [1.82, 2.24) is 0 Å². The first kappa shape index (κ1) is 13.8. The minimum absolute atomic E-state index is 0.0508. The number of carboxylic acid groups (broad SMARTS) is 1. The smallest absolute Gasteiger partial charge is 0.346 e. The Morgan fingerprint density at radius 3 is 2.11 bits per heavy atom. The minimum atomic E-state index is -1.40. The number of hydrogen-bond acceptors (Lipinski definition) is 5. The maximum Gasteiger partial charge on any atom is 0.346 e. The Morgan fingerprint density at radius 1 is 1.22 bits per heavy atom. The number of nitrogens with zero attached hydrogens (tertiary/aromatic N) is 2. The molecule has 0 saturated carbocycles. The third-order valence-electron chi connectivity index (χ3n) is 2.19. The number of rotatable bonds is 5. The van der Waals surface area contributed by atoms with Crippen LogP contribution in [-0.2, 0) is 6.42 Å². The zero-order valence-corrected chi connectivity index (χ0v) is 9.59. The average molecular weight is 275 g/mol. The lowest BCUT2D eigenvalue weighted by Gasteiger charge is -2.04. The molecule has 1 aromatic carbocycles. The summed E-state index contributed by atoms with van der Waals surface area (Å²) < 4.78 is 0. The summed E-state index contributed by atoms with van der Waals surface area (Å²) in [4.78, 5) is 30.3. The maximum atomic E-state index is 10.9. The first-order valence-electron chi connectivity index (χ1n) is 4.63. The fraction of sp³-hybridized carbons (Fsp3) is 0.222. The summed E-state index contributed by atoms with van der Waals surface area (Å²) in [5.41, 5.74) is -1.86. The number of aromatic carboxylic acids is 1. The second-order valence-corrected chi connectivity index (χ2v) is 3.63. The van der Waals surface area contributed by atoms with Gasteiger partial charge < -0.3 is 5.11 Å². The van der Waals surface area contributed by atoms with Crippen molar-refractivity contribution in [3.8, 4) is 0 Å². The van der Waals surface area contributed by atoms with Gasteiger partial charge in [0.05, 0.1) is 15.4 Å². The zero-order valence-electron chi connectivity index (χ0n) is 8.83. The van der Waals surface area contributed by atoms with Gasteiger partial charge in [-0.3, -0.25) is 20.2 Å². The number of halogens is 1. The average Bonchev–Trinajstić information content (AvgIpc) is 2.28. The number of hydrogen-bond donors (Lipinski definition) is 1. The van der Waals surface area contributed by atoms with Crippen molar-refractivity contribution in [2.24, 2.45) is 0 Å². The summed E-state index contributed by atoms with van der Waals surface area (Å²) in [6, 6.07) is 1.56. The molecule has 9 heteroatoms. The van der Waals surface area contributed by atoms with Crippen LogP contribution in [0, 0.1) is 20.2 Å². The topological polar surface area (TPSA) is 124 Å². The standard InChI is InChI=1S/C9H7ClN2O6/c10-2-1-5-3-7(11(15)16)8(12(17)18)4-6(5)9(13)14/h3-4H,1-2H2,(H,13,14). The van der Waals surface area contributed by atoms with Gasteiger partial charge in [0.25, 0.3) is 0 Å². The largest absolute Gasteiger partial charge is 0.478 e. The molecule has 1 rings (SSSR count). The minimum Gasteiger partial charge on any atom is -0.478 e. The zero-order chi connectivity index (χ0) is 13.9. The van der Waals surface area contributed by atoms with Crippen LogP contribution in [0.2, 0.25) is 0 Å². The molecule has 0 atom stereocenters. The monoisotopic (exact) mass is 274 g/mol. The van der Waals surface area contributed by atoms with E-state index in [0.717, 1.165) is 6.07 Å². The second kappa shape index (κ2) is 5.41. The predicted octanol–water partition coefficient (Wildman–Crippen LogP) is 1.98. The summed E-state index contributed by atoms with van der Waals surface area (Å²) in [6.07, 6.45) is 0.0715. The highest BCUT2D eigenvalue weighted by Crippen LogP contribution is 2.30. The highest BCUT2D eigenvalue weighted by atomic mass is 35.5. The summed E-state index contributed by atoms with van der Waals surface area (Å²) in [5.74, 6) is -1.34. The van der Waals surface area contributed by atoms with Crippen LogP contribution in [0.15, 0.2) is 12.1 Å². The normalized spacial score (nSPS) is 10.1. The van der Waals surface area contributed by atoms with Crippen molar-refractivity contribution in [2.75, 3.05) is 5.88 Å². The molecule has 8 nitrogen and oxygen atoms in total. The van der Waals surface area contributed by atoms with Gasteiger partial charge in [0.2, 0.25) is 0 Å². The van der Waals surface area contributed by atoms with Crippen molar-refractivity contribution in [2.45, 2.75) is 6.42 Å². The molecule has 0 radical (unpaired) electrons. The molecule has 0 aliphatic rings. The van der Waals surface area contributed by atoms with E-state index in [-0.39, 0.29) is 23.4 Å². The molecule has 18 heavy (non-hydrogen) atoms. The molecule has 0 spiro atoms. The molecule has 0 fully saturated rings.